The molecule has 94 valence electrons. The van der Waals surface area contributed by atoms with Crippen LogP contribution in [0.2, 0.25) is 0 Å². The summed E-state index contributed by atoms with van der Waals surface area (Å²) in [7, 11) is 0. The van der Waals surface area contributed by atoms with Crippen molar-refractivity contribution in [3.05, 3.63) is 47.7 Å². The van der Waals surface area contributed by atoms with Crippen LogP contribution in [-0.4, -0.2) is 17.4 Å². The van der Waals surface area contributed by atoms with Crippen LogP contribution in [0.25, 0.3) is 0 Å². The molecule has 1 amide bonds. The van der Waals surface area contributed by atoms with Crippen LogP contribution in [0.1, 0.15) is 22.0 Å². The molecule has 0 aliphatic rings. The maximum absolute atomic E-state index is 11.9. The van der Waals surface area contributed by atoms with Crippen molar-refractivity contribution in [1.29, 1.82) is 0 Å². The van der Waals surface area contributed by atoms with E-state index < -0.39 is 0 Å². The van der Waals surface area contributed by atoms with Crippen LogP contribution in [0.3, 0.4) is 0 Å². The van der Waals surface area contributed by atoms with Crippen LogP contribution in [0, 0.1) is 6.92 Å². The van der Waals surface area contributed by atoms with Crippen molar-refractivity contribution in [3.63, 3.8) is 0 Å². The molecule has 1 aromatic heterocycles. The number of hydrogen-bond donors (Lipinski definition) is 2. The fraction of sp³-hybridized carbons (Fsp3) is 0.231. The number of carbonyl (C=O) groups is 1. The Labute approximate surface area is 105 Å². The number of rotatable bonds is 4. The number of nitrogens with two attached hydrogens (primary N) is 1. The standard InChI is InChI=1S/C13H15N3O2/c1-9-4-2-3-5-10(9)16-13(17)11-8-15-12(18-11)6-7-14/h2-5,8H,6-7,14H2,1H3,(H,16,17). The lowest BCUT2D eigenvalue weighted by Gasteiger charge is -2.05. The smallest absolute Gasteiger partial charge is 0.293 e. The number of oxazole rings is 1. The molecule has 18 heavy (non-hydrogen) atoms. The molecule has 0 fully saturated rings. The normalized spacial score (nSPS) is 10.3. The van der Waals surface area contributed by atoms with E-state index in [1.54, 1.807) is 0 Å². The van der Waals surface area contributed by atoms with E-state index in [1.807, 2.05) is 31.2 Å². The molecule has 0 atom stereocenters. The van der Waals surface area contributed by atoms with E-state index in [4.69, 9.17) is 10.2 Å². The fourth-order valence-corrected chi connectivity index (χ4v) is 1.55. The van der Waals surface area contributed by atoms with Gasteiger partial charge in [-0.05, 0) is 18.6 Å². The zero-order valence-electron chi connectivity index (χ0n) is 10.1. The van der Waals surface area contributed by atoms with Gasteiger partial charge in [0, 0.05) is 18.7 Å². The molecule has 0 spiro atoms. The van der Waals surface area contributed by atoms with Crippen molar-refractivity contribution in [3.8, 4) is 0 Å². The van der Waals surface area contributed by atoms with Gasteiger partial charge in [0.05, 0.1) is 6.20 Å². The van der Waals surface area contributed by atoms with Crippen LogP contribution >= 0.6 is 0 Å². The van der Waals surface area contributed by atoms with E-state index in [2.05, 4.69) is 10.3 Å². The minimum absolute atomic E-state index is 0.196. The Hall–Kier alpha value is -2.14. The summed E-state index contributed by atoms with van der Waals surface area (Å²) in [5.41, 5.74) is 7.15. The summed E-state index contributed by atoms with van der Waals surface area (Å²) in [4.78, 5) is 15.9. The molecule has 1 heterocycles. The van der Waals surface area contributed by atoms with Gasteiger partial charge in [0.15, 0.2) is 5.89 Å². The molecule has 1 aromatic carbocycles. The van der Waals surface area contributed by atoms with Crippen LogP contribution in [-0.2, 0) is 6.42 Å². The molecule has 0 unspecified atom stereocenters. The Morgan fingerprint density at radius 1 is 1.44 bits per heavy atom. The maximum Gasteiger partial charge on any atom is 0.293 e. The SMILES string of the molecule is Cc1ccccc1NC(=O)c1cnc(CCN)o1. The van der Waals surface area contributed by atoms with E-state index in [0.717, 1.165) is 11.3 Å². The first-order valence-corrected chi connectivity index (χ1v) is 5.72. The molecule has 0 saturated carbocycles. The Kier molecular flexibility index (Phi) is 3.74. The van der Waals surface area contributed by atoms with Gasteiger partial charge in [-0.3, -0.25) is 4.79 Å². The van der Waals surface area contributed by atoms with Crippen molar-refractivity contribution in [1.82, 2.24) is 4.98 Å². The average molecular weight is 245 g/mol. The second-order valence-electron chi connectivity index (χ2n) is 3.93. The zero-order valence-corrected chi connectivity index (χ0v) is 10.1. The number of anilines is 1. The van der Waals surface area contributed by atoms with Gasteiger partial charge < -0.3 is 15.5 Å². The third-order valence-corrected chi connectivity index (χ3v) is 2.53. The van der Waals surface area contributed by atoms with E-state index in [1.165, 1.54) is 6.20 Å². The summed E-state index contributed by atoms with van der Waals surface area (Å²) in [6.07, 6.45) is 1.94. The molecule has 2 aromatic rings. The number of benzene rings is 1. The fourth-order valence-electron chi connectivity index (χ4n) is 1.55. The first-order chi connectivity index (χ1) is 8.70. The van der Waals surface area contributed by atoms with Crippen molar-refractivity contribution >= 4 is 11.6 Å². The second kappa shape index (κ2) is 5.46. The lowest BCUT2D eigenvalue weighted by atomic mass is 10.2. The Morgan fingerprint density at radius 3 is 2.94 bits per heavy atom. The summed E-state index contributed by atoms with van der Waals surface area (Å²) in [6, 6.07) is 7.54. The largest absolute Gasteiger partial charge is 0.435 e. The highest BCUT2D eigenvalue weighted by Crippen LogP contribution is 2.15. The number of amides is 1. The third-order valence-electron chi connectivity index (χ3n) is 2.53. The molecule has 5 nitrogen and oxygen atoms in total. The maximum atomic E-state index is 11.9. The minimum Gasteiger partial charge on any atom is -0.435 e. The van der Waals surface area contributed by atoms with Gasteiger partial charge in [-0.25, -0.2) is 4.98 Å². The van der Waals surface area contributed by atoms with Gasteiger partial charge in [-0.1, -0.05) is 18.2 Å². The highest BCUT2D eigenvalue weighted by molar-refractivity contribution is 6.02. The highest BCUT2D eigenvalue weighted by atomic mass is 16.4. The number of aryl methyl sites for hydroxylation is 1. The number of aromatic nitrogens is 1. The topological polar surface area (TPSA) is 81.2 Å². The number of hydrogen-bond acceptors (Lipinski definition) is 4. The molecule has 0 aliphatic carbocycles. The summed E-state index contributed by atoms with van der Waals surface area (Å²) in [6.45, 7) is 2.37. The molecule has 5 heteroatoms. The lowest BCUT2D eigenvalue weighted by Crippen LogP contribution is -2.11. The van der Waals surface area contributed by atoms with E-state index in [9.17, 15) is 4.79 Å². The third kappa shape index (κ3) is 2.75. The predicted molar refractivity (Wildman–Crippen MR) is 68.4 cm³/mol. The monoisotopic (exact) mass is 245 g/mol. The van der Waals surface area contributed by atoms with Crippen molar-refractivity contribution in [2.45, 2.75) is 13.3 Å². The number of para-hydroxylation sites is 1. The summed E-state index contributed by atoms with van der Waals surface area (Å²) < 4.78 is 5.29. The van der Waals surface area contributed by atoms with Crippen molar-refractivity contribution in [2.24, 2.45) is 5.73 Å². The van der Waals surface area contributed by atoms with Gasteiger partial charge in [0.2, 0.25) is 5.76 Å². The molecule has 0 saturated heterocycles. The van der Waals surface area contributed by atoms with Crippen LogP contribution in [0.4, 0.5) is 5.69 Å². The molecule has 2 rings (SSSR count). The van der Waals surface area contributed by atoms with Gasteiger partial charge >= 0.3 is 0 Å². The van der Waals surface area contributed by atoms with Crippen LogP contribution in [0.15, 0.2) is 34.9 Å². The van der Waals surface area contributed by atoms with Gasteiger partial charge in [-0.15, -0.1) is 0 Å². The van der Waals surface area contributed by atoms with Crippen LogP contribution < -0.4 is 11.1 Å². The number of nitrogens with zero attached hydrogens (tertiary/aromatic N) is 1. The first kappa shape index (κ1) is 12.3. The molecule has 0 aliphatic heterocycles. The van der Waals surface area contributed by atoms with Gasteiger partial charge in [0.25, 0.3) is 5.91 Å². The molecule has 3 N–H and O–H groups in total. The molecule has 0 bridgehead atoms. The molecular weight excluding hydrogens is 230 g/mol. The Morgan fingerprint density at radius 2 is 2.22 bits per heavy atom. The first-order valence-electron chi connectivity index (χ1n) is 5.72. The number of carbonyl (C=O) groups excluding carboxylic acids is 1. The summed E-state index contributed by atoms with van der Waals surface area (Å²) in [5.74, 6) is 0.370. The molecule has 0 radical (unpaired) electrons. The van der Waals surface area contributed by atoms with Gasteiger partial charge in [0.1, 0.15) is 0 Å². The summed E-state index contributed by atoms with van der Waals surface area (Å²) in [5, 5.41) is 2.78. The van der Waals surface area contributed by atoms with E-state index in [-0.39, 0.29) is 11.7 Å². The highest BCUT2D eigenvalue weighted by Gasteiger charge is 2.13. The Bertz CT molecular complexity index is 549. The molecular formula is C13H15N3O2. The summed E-state index contributed by atoms with van der Waals surface area (Å²) >= 11 is 0. The lowest BCUT2D eigenvalue weighted by molar-refractivity contribution is 0.0995. The van der Waals surface area contributed by atoms with E-state index in [0.29, 0.717) is 18.9 Å². The van der Waals surface area contributed by atoms with Gasteiger partial charge in [-0.2, -0.15) is 0 Å². The minimum atomic E-state index is -0.305. The van der Waals surface area contributed by atoms with Crippen molar-refractivity contribution < 1.29 is 9.21 Å². The van der Waals surface area contributed by atoms with Crippen LogP contribution in [0.5, 0.6) is 0 Å². The average Bonchev–Trinajstić information content (AvgIpc) is 2.81. The quantitative estimate of drug-likeness (QED) is 0.859. The zero-order chi connectivity index (χ0) is 13.0. The van der Waals surface area contributed by atoms with Crippen molar-refractivity contribution in [2.75, 3.05) is 11.9 Å². The second-order valence-corrected chi connectivity index (χ2v) is 3.93. The predicted octanol–water partition coefficient (Wildman–Crippen LogP) is 1.74. The number of nitrogens with one attached hydrogen (secondary N) is 1. The Balaban J connectivity index is 2.10. The van der Waals surface area contributed by atoms with E-state index >= 15 is 0 Å².